The fourth-order valence-corrected chi connectivity index (χ4v) is 5.05. The Hall–Kier alpha value is -3.19. The summed E-state index contributed by atoms with van der Waals surface area (Å²) in [4.78, 5) is 19.9. The van der Waals surface area contributed by atoms with Crippen molar-refractivity contribution in [1.29, 1.82) is 0 Å². The molecule has 2 unspecified atom stereocenters. The molecule has 0 aromatic heterocycles. The van der Waals surface area contributed by atoms with Gasteiger partial charge in [0, 0.05) is 51.5 Å². The third-order valence-corrected chi connectivity index (χ3v) is 7.27. The molecule has 2 aliphatic heterocycles. The van der Waals surface area contributed by atoms with Gasteiger partial charge in [0.25, 0.3) is 0 Å². The SMILES string of the molecule is COc1cccc(N2CCN(CCCNC(=O)C3C=C(c4ccccc4)N(C)C3C)CC2)c1OC. The van der Waals surface area contributed by atoms with Gasteiger partial charge in [-0.25, -0.2) is 0 Å². The summed E-state index contributed by atoms with van der Waals surface area (Å²) in [5.41, 5.74) is 3.36. The molecule has 188 valence electrons. The lowest BCUT2D eigenvalue weighted by atomic mass is 10.0. The number of hydrogen-bond donors (Lipinski definition) is 1. The Morgan fingerprint density at radius 3 is 2.43 bits per heavy atom. The Bertz CT molecular complexity index is 1020. The van der Waals surface area contributed by atoms with E-state index in [-0.39, 0.29) is 17.9 Å². The Kier molecular flexibility index (Phi) is 8.18. The molecule has 0 aliphatic carbocycles. The third-order valence-electron chi connectivity index (χ3n) is 7.27. The van der Waals surface area contributed by atoms with Gasteiger partial charge >= 0.3 is 0 Å². The molecule has 0 saturated carbocycles. The topological polar surface area (TPSA) is 57.3 Å². The fourth-order valence-electron chi connectivity index (χ4n) is 5.05. The smallest absolute Gasteiger partial charge is 0.229 e. The van der Waals surface area contributed by atoms with Crippen molar-refractivity contribution in [3.63, 3.8) is 0 Å². The van der Waals surface area contributed by atoms with Gasteiger partial charge < -0.3 is 24.6 Å². The lowest BCUT2D eigenvalue weighted by molar-refractivity contribution is -0.124. The summed E-state index contributed by atoms with van der Waals surface area (Å²) in [7, 11) is 5.43. The number of anilines is 1. The first kappa shape index (κ1) is 24.9. The predicted octanol–water partition coefficient (Wildman–Crippen LogP) is 3.32. The normalized spacial score (nSPS) is 20.5. The van der Waals surface area contributed by atoms with E-state index in [4.69, 9.17) is 9.47 Å². The van der Waals surface area contributed by atoms with Crippen LogP contribution in [0, 0.1) is 5.92 Å². The van der Waals surface area contributed by atoms with E-state index in [1.54, 1.807) is 14.2 Å². The van der Waals surface area contributed by atoms with Crippen LogP contribution in [0.3, 0.4) is 0 Å². The molecule has 1 fully saturated rings. The maximum absolute atomic E-state index is 12.9. The number of piperazine rings is 1. The molecule has 4 rings (SSSR count). The minimum absolute atomic E-state index is 0.116. The highest BCUT2D eigenvalue weighted by atomic mass is 16.5. The molecule has 2 aliphatic rings. The summed E-state index contributed by atoms with van der Waals surface area (Å²) in [5, 5.41) is 3.17. The number of hydrogen-bond acceptors (Lipinski definition) is 6. The standard InChI is InChI=1S/C28H38N4O3/c1-21-23(20-25(30(21)2)22-10-6-5-7-11-22)28(33)29-14-9-15-31-16-18-32(19-17-31)24-12-8-13-26(34-3)27(24)35-4/h5-8,10-13,20-21,23H,9,14-19H2,1-4H3,(H,29,33). The maximum atomic E-state index is 12.9. The van der Waals surface area contributed by atoms with Crippen molar-refractivity contribution in [2.45, 2.75) is 19.4 Å². The monoisotopic (exact) mass is 478 g/mol. The lowest BCUT2D eigenvalue weighted by Gasteiger charge is -2.36. The number of carbonyl (C=O) groups excluding carboxylic acids is 1. The molecule has 0 radical (unpaired) electrons. The molecule has 1 amide bonds. The van der Waals surface area contributed by atoms with E-state index in [9.17, 15) is 4.79 Å². The first-order valence-electron chi connectivity index (χ1n) is 12.5. The zero-order valence-corrected chi connectivity index (χ0v) is 21.4. The molecular formula is C28H38N4O3. The molecule has 1 N–H and O–H groups in total. The van der Waals surface area contributed by atoms with Gasteiger partial charge in [0.1, 0.15) is 0 Å². The highest BCUT2D eigenvalue weighted by molar-refractivity contribution is 5.85. The van der Waals surface area contributed by atoms with E-state index in [0.29, 0.717) is 6.54 Å². The Balaban J connectivity index is 1.22. The summed E-state index contributed by atoms with van der Waals surface area (Å²) in [6.45, 7) is 7.65. The van der Waals surface area contributed by atoms with Crippen LogP contribution in [0.4, 0.5) is 5.69 Å². The van der Waals surface area contributed by atoms with Crippen LogP contribution in [0.15, 0.2) is 54.6 Å². The number of methoxy groups -OCH3 is 2. The van der Waals surface area contributed by atoms with Gasteiger partial charge in [0.05, 0.1) is 25.8 Å². The molecule has 35 heavy (non-hydrogen) atoms. The van der Waals surface area contributed by atoms with Crippen molar-refractivity contribution in [3.8, 4) is 11.5 Å². The van der Waals surface area contributed by atoms with Crippen molar-refractivity contribution in [1.82, 2.24) is 15.1 Å². The first-order valence-corrected chi connectivity index (χ1v) is 12.5. The molecule has 7 heteroatoms. The number of nitrogens with one attached hydrogen (secondary N) is 1. The summed E-state index contributed by atoms with van der Waals surface area (Å²) in [6, 6.07) is 16.4. The van der Waals surface area contributed by atoms with Gasteiger partial charge in [-0.2, -0.15) is 0 Å². The highest BCUT2D eigenvalue weighted by Crippen LogP contribution is 2.37. The summed E-state index contributed by atoms with van der Waals surface area (Å²) in [5.74, 6) is 1.54. The van der Waals surface area contributed by atoms with Gasteiger partial charge in [0.2, 0.25) is 5.91 Å². The van der Waals surface area contributed by atoms with E-state index < -0.39 is 0 Å². The highest BCUT2D eigenvalue weighted by Gasteiger charge is 2.33. The van der Waals surface area contributed by atoms with Crippen LogP contribution in [0.2, 0.25) is 0 Å². The quantitative estimate of drug-likeness (QED) is 0.558. The molecule has 2 aromatic carbocycles. The van der Waals surface area contributed by atoms with Gasteiger partial charge in [0.15, 0.2) is 11.5 Å². The van der Waals surface area contributed by atoms with Crippen molar-refractivity contribution in [3.05, 3.63) is 60.2 Å². The van der Waals surface area contributed by atoms with Crippen LogP contribution >= 0.6 is 0 Å². The largest absolute Gasteiger partial charge is 0.493 e. The number of benzene rings is 2. The number of amides is 1. The van der Waals surface area contributed by atoms with Gasteiger partial charge in [-0.15, -0.1) is 0 Å². The second-order valence-electron chi connectivity index (χ2n) is 9.28. The number of para-hydroxylation sites is 1. The Morgan fingerprint density at radius 2 is 1.74 bits per heavy atom. The minimum atomic E-state index is -0.128. The lowest BCUT2D eigenvalue weighted by Crippen LogP contribution is -2.47. The zero-order chi connectivity index (χ0) is 24.8. The molecule has 2 aromatic rings. The van der Waals surface area contributed by atoms with E-state index in [1.807, 2.05) is 30.3 Å². The van der Waals surface area contributed by atoms with Crippen LogP contribution in [0.5, 0.6) is 11.5 Å². The van der Waals surface area contributed by atoms with E-state index >= 15 is 0 Å². The van der Waals surface area contributed by atoms with E-state index in [0.717, 1.165) is 67.6 Å². The molecule has 0 bridgehead atoms. The fraction of sp³-hybridized carbons (Fsp3) is 0.464. The number of carbonyl (C=O) groups is 1. The Morgan fingerprint density at radius 1 is 1.00 bits per heavy atom. The van der Waals surface area contributed by atoms with Crippen LogP contribution in [-0.4, -0.2) is 82.3 Å². The molecular weight excluding hydrogens is 440 g/mol. The van der Waals surface area contributed by atoms with Crippen LogP contribution < -0.4 is 19.7 Å². The van der Waals surface area contributed by atoms with E-state index in [2.05, 4.69) is 58.3 Å². The van der Waals surface area contributed by atoms with Crippen molar-refractivity contribution < 1.29 is 14.3 Å². The molecule has 2 atom stereocenters. The second kappa shape index (κ2) is 11.5. The van der Waals surface area contributed by atoms with Crippen LogP contribution in [0.25, 0.3) is 5.70 Å². The average molecular weight is 479 g/mol. The summed E-state index contributed by atoms with van der Waals surface area (Å²) in [6.07, 6.45) is 3.06. The molecule has 7 nitrogen and oxygen atoms in total. The van der Waals surface area contributed by atoms with Gasteiger partial charge in [-0.05, 0) is 43.7 Å². The van der Waals surface area contributed by atoms with E-state index in [1.165, 1.54) is 0 Å². The number of rotatable bonds is 9. The summed E-state index contributed by atoms with van der Waals surface area (Å²) >= 11 is 0. The third kappa shape index (κ3) is 5.56. The molecule has 2 heterocycles. The van der Waals surface area contributed by atoms with Crippen LogP contribution in [0.1, 0.15) is 18.9 Å². The first-order chi connectivity index (χ1) is 17.0. The predicted molar refractivity (Wildman–Crippen MR) is 141 cm³/mol. The van der Waals surface area contributed by atoms with Gasteiger partial charge in [-0.3, -0.25) is 9.69 Å². The van der Waals surface area contributed by atoms with Crippen molar-refractivity contribution in [2.75, 3.05) is 65.4 Å². The summed E-state index contributed by atoms with van der Waals surface area (Å²) < 4.78 is 11.1. The number of nitrogens with zero attached hydrogens (tertiary/aromatic N) is 3. The maximum Gasteiger partial charge on any atom is 0.229 e. The van der Waals surface area contributed by atoms with Gasteiger partial charge in [-0.1, -0.05) is 36.4 Å². The van der Waals surface area contributed by atoms with Crippen molar-refractivity contribution in [2.24, 2.45) is 5.92 Å². The second-order valence-corrected chi connectivity index (χ2v) is 9.28. The minimum Gasteiger partial charge on any atom is -0.493 e. The molecule has 1 saturated heterocycles. The van der Waals surface area contributed by atoms with Crippen LogP contribution in [-0.2, 0) is 4.79 Å². The molecule has 0 spiro atoms. The number of ether oxygens (including phenoxy) is 2. The van der Waals surface area contributed by atoms with Crippen molar-refractivity contribution >= 4 is 17.3 Å². The Labute approximate surface area is 209 Å². The zero-order valence-electron chi connectivity index (χ0n) is 21.4. The average Bonchev–Trinajstić information content (AvgIpc) is 3.21.